The fraction of sp³-hybridized carbons (Fsp3) is 0.387. The van der Waals surface area contributed by atoms with Crippen LogP contribution in [0.1, 0.15) is 35.0 Å². The first kappa shape index (κ1) is 32.1. The number of para-hydroxylation sites is 1. The first-order valence-electron chi connectivity index (χ1n) is 14.4. The molecular weight excluding hydrogens is 615 g/mol. The number of fused-ring (bicyclic) bond motifs is 4. The van der Waals surface area contributed by atoms with Crippen molar-refractivity contribution in [1.82, 2.24) is 14.4 Å². The Balaban J connectivity index is 0.000000515. The van der Waals surface area contributed by atoms with Crippen LogP contribution in [-0.4, -0.2) is 77.6 Å². The van der Waals surface area contributed by atoms with Gasteiger partial charge in [0.05, 0.1) is 17.3 Å². The van der Waals surface area contributed by atoms with Gasteiger partial charge >= 0.3 is 12.1 Å². The zero-order valence-electron chi connectivity index (χ0n) is 24.7. The van der Waals surface area contributed by atoms with E-state index in [0.29, 0.717) is 35.6 Å². The number of ether oxygens (including phenoxy) is 3. The van der Waals surface area contributed by atoms with E-state index in [1.54, 1.807) is 7.11 Å². The van der Waals surface area contributed by atoms with Gasteiger partial charge in [-0.3, -0.25) is 14.5 Å². The third-order valence-corrected chi connectivity index (χ3v) is 8.83. The Labute approximate surface area is 260 Å². The number of carboxylic acids is 1. The van der Waals surface area contributed by atoms with Gasteiger partial charge in [-0.2, -0.15) is 13.2 Å². The predicted octanol–water partition coefficient (Wildman–Crippen LogP) is 5.34. The molecule has 10 nitrogen and oxygen atoms in total. The molecule has 0 bridgehead atoms. The average molecular weight is 648 g/mol. The molecule has 4 aromatic rings. The Hall–Kier alpha value is -4.30. The molecular formula is C31H32F3N3O7S. The van der Waals surface area contributed by atoms with Gasteiger partial charge in [-0.05, 0) is 30.2 Å². The maximum Gasteiger partial charge on any atom is 0.490 e. The minimum Gasteiger partial charge on any atom is -0.494 e. The maximum absolute atomic E-state index is 13.7. The number of rotatable bonds is 7. The third-order valence-electron chi connectivity index (χ3n) is 7.64. The Bertz CT molecular complexity index is 1780. The van der Waals surface area contributed by atoms with Crippen molar-refractivity contribution in [2.24, 2.45) is 0 Å². The number of hydrogen-bond donors (Lipinski definition) is 1. The molecule has 0 spiro atoms. The van der Waals surface area contributed by atoms with Crippen molar-refractivity contribution < 1.29 is 42.1 Å². The van der Waals surface area contributed by atoms with E-state index in [-0.39, 0.29) is 18.3 Å². The molecule has 0 aliphatic carbocycles. The van der Waals surface area contributed by atoms with Crippen molar-refractivity contribution in [3.63, 3.8) is 0 Å². The number of hydrogen-bond acceptors (Lipinski definition) is 8. The summed E-state index contributed by atoms with van der Waals surface area (Å²) in [5.74, 6) is -0.860. The Kier molecular flexibility index (Phi) is 9.53. The van der Waals surface area contributed by atoms with E-state index in [1.165, 1.54) is 11.3 Å². The zero-order valence-corrected chi connectivity index (χ0v) is 25.5. The van der Waals surface area contributed by atoms with Crippen LogP contribution in [0.15, 0.2) is 47.3 Å². The van der Waals surface area contributed by atoms with Gasteiger partial charge in [-0.25, -0.2) is 4.79 Å². The first-order valence-corrected chi connectivity index (χ1v) is 15.2. The minimum absolute atomic E-state index is 0.0747. The Morgan fingerprint density at radius 3 is 2.40 bits per heavy atom. The smallest absolute Gasteiger partial charge is 0.490 e. The molecule has 14 heteroatoms. The molecule has 2 aromatic heterocycles. The average Bonchev–Trinajstić information content (AvgIpc) is 3.66. The van der Waals surface area contributed by atoms with Gasteiger partial charge < -0.3 is 28.8 Å². The van der Waals surface area contributed by atoms with Crippen LogP contribution in [0.25, 0.3) is 21.0 Å². The van der Waals surface area contributed by atoms with Crippen molar-refractivity contribution in [1.29, 1.82) is 0 Å². The quantitative estimate of drug-likeness (QED) is 0.286. The third kappa shape index (κ3) is 6.71. The molecule has 0 unspecified atom stereocenters. The molecule has 240 valence electrons. The summed E-state index contributed by atoms with van der Waals surface area (Å²) >= 11 is 1.37. The molecule has 4 heterocycles. The number of carbonyl (C=O) groups is 2. The number of carbonyl (C=O) groups excluding carboxylic acids is 1. The zero-order chi connectivity index (χ0) is 32.3. The molecule has 0 atom stereocenters. The number of piperazine rings is 1. The summed E-state index contributed by atoms with van der Waals surface area (Å²) in [7, 11) is 1.55. The van der Waals surface area contributed by atoms with E-state index in [9.17, 15) is 22.8 Å². The summed E-state index contributed by atoms with van der Waals surface area (Å²) in [6.45, 7) is 6.56. The summed E-state index contributed by atoms with van der Waals surface area (Å²) in [5.41, 5.74) is 1.97. The van der Waals surface area contributed by atoms with E-state index < -0.39 is 12.1 Å². The van der Waals surface area contributed by atoms with E-state index >= 15 is 0 Å². The first-order chi connectivity index (χ1) is 21.5. The van der Waals surface area contributed by atoms with Crippen LogP contribution in [0.5, 0.6) is 17.2 Å². The van der Waals surface area contributed by atoms with Crippen LogP contribution < -0.4 is 19.8 Å². The number of aromatic nitrogens is 1. The molecule has 6 rings (SSSR count). The summed E-state index contributed by atoms with van der Waals surface area (Å²) in [6, 6.07) is 14.0. The number of halogens is 3. The molecule has 1 saturated heterocycles. The SMILES string of the molecule is CCCCn1c(=O)c2c(OC)c(C(=O)N3CCN(Cc4ccc5c(c4)OCO5)CC3)sc2c2ccccc21.O=C(O)C(F)(F)F. The summed E-state index contributed by atoms with van der Waals surface area (Å²) in [6.07, 6.45) is -3.19. The van der Waals surface area contributed by atoms with Crippen molar-refractivity contribution in [3.05, 3.63) is 63.3 Å². The van der Waals surface area contributed by atoms with E-state index in [4.69, 9.17) is 24.1 Å². The number of nitrogens with zero attached hydrogens (tertiary/aromatic N) is 3. The number of aryl methyl sites for hydroxylation is 1. The second-order valence-electron chi connectivity index (χ2n) is 10.6. The summed E-state index contributed by atoms with van der Waals surface area (Å²) in [4.78, 5) is 41.0. The number of carboxylic acid groups (broad SMARTS) is 1. The molecule has 2 aliphatic rings. The van der Waals surface area contributed by atoms with Gasteiger partial charge in [0.1, 0.15) is 10.3 Å². The second kappa shape index (κ2) is 13.4. The molecule has 1 N–H and O–H groups in total. The van der Waals surface area contributed by atoms with Gasteiger partial charge in [0.15, 0.2) is 17.2 Å². The lowest BCUT2D eigenvalue weighted by Gasteiger charge is -2.34. The number of aliphatic carboxylic acids is 1. The number of methoxy groups -OCH3 is 1. The molecule has 1 amide bonds. The van der Waals surface area contributed by atoms with Gasteiger partial charge in [0.25, 0.3) is 11.5 Å². The number of alkyl halides is 3. The Morgan fingerprint density at radius 1 is 1.04 bits per heavy atom. The highest BCUT2D eigenvalue weighted by atomic mass is 32.1. The lowest BCUT2D eigenvalue weighted by molar-refractivity contribution is -0.192. The lowest BCUT2D eigenvalue weighted by atomic mass is 10.1. The standard InChI is InChI=1S/C29H31N3O5S.C2HF3O2/c1-3-4-11-32-21-8-6-5-7-20(21)26-24(28(32)33)25(35-2)27(38-26)29(34)31-14-12-30(13-15-31)17-19-9-10-22-23(16-19)37-18-36-22;3-2(4,5)1(6)7/h5-10,16H,3-4,11-15,17-18H2,1-2H3;(H,6,7). The summed E-state index contributed by atoms with van der Waals surface area (Å²) < 4.78 is 51.1. The molecule has 2 aliphatic heterocycles. The van der Waals surface area contributed by atoms with Gasteiger partial charge in [0.2, 0.25) is 6.79 Å². The number of pyridine rings is 1. The monoisotopic (exact) mass is 647 g/mol. The number of unbranched alkanes of at least 4 members (excludes halogenated alkanes) is 1. The highest BCUT2D eigenvalue weighted by Crippen LogP contribution is 2.40. The molecule has 2 aromatic carbocycles. The lowest BCUT2D eigenvalue weighted by Crippen LogP contribution is -2.48. The number of thiophene rings is 1. The largest absolute Gasteiger partial charge is 0.494 e. The van der Waals surface area contributed by atoms with Crippen LogP contribution in [0.3, 0.4) is 0 Å². The van der Waals surface area contributed by atoms with Crippen LogP contribution in [0.4, 0.5) is 13.2 Å². The van der Waals surface area contributed by atoms with Crippen molar-refractivity contribution in [3.8, 4) is 17.2 Å². The molecule has 0 saturated carbocycles. The van der Waals surface area contributed by atoms with E-state index in [1.807, 2.05) is 45.9 Å². The number of amides is 1. The normalized spacial score (nSPS) is 14.8. The predicted molar refractivity (Wildman–Crippen MR) is 162 cm³/mol. The fourth-order valence-electron chi connectivity index (χ4n) is 5.37. The highest BCUT2D eigenvalue weighted by molar-refractivity contribution is 7.22. The van der Waals surface area contributed by atoms with Crippen LogP contribution in [0.2, 0.25) is 0 Å². The minimum atomic E-state index is -5.08. The van der Waals surface area contributed by atoms with Crippen LogP contribution in [-0.2, 0) is 17.9 Å². The van der Waals surface area contributed by atoms with Crippen molar-refractivity contribution >= 4 is 44.2 Å². The van der Waals surface area contributed by atoms with E-state index in [2.05, 4.69) is 17.9 Å². The number of benzene rings is 2. The van der Waals surface area contributed by atoms with Crippen molar-refractivity contribution in [2.75, 3.05) is 40.1 Å². The Morgan fingerprint density at radius 2 is 1.73 bits per heavy atom. The second-order valence-corrected chi connectivity index (χ2v) is 11.6. The van der Waals surface area contributed by atoms with Crippen LogP contribution in [0, 0.1) is 0 Å². The van der Waals surface area contributed by atoms with Gasteiger partial charge in [0, 0.05) is 44.7 Å². The van der Waals surface area contributed by atoms with E-state index in [0.717, 1.165) is 65.1 Å². The fourth-order valence-corrected chi connectivity index (χ4v) is 6.63. The molecule has 45 heavy (non-hydrogen) atoms. The molecule has 1 fully saturated rings. The van der Waals surface area contributed by atoms with Crippen LogP contribution >= 0.6 is 11.3 Å². The topological polar surface area (TPSA) is 111 Å². The van der Waals surface area contributed by atoms with Gasteiger partial charge in [-0.1, -0.05) is 37.6 Å². The summed E-state index contributed by atoms with van der Waals surface area (Å²) in [5, 5.41) is 8.62. The maximum atomic E-state index is 13.7. The highest BCUT2D eigenvalue weighted by Gasteiger charge is 2.38. The van der Waals surface area contributed by atoms with Crippen molar-refractivity contribution in [2.45, 2.75) is 39.0 Å². The molecule has 0 radical (unpaired) electrons. The van der Waals surface area contributed by atoms with Gasteiger partial charge in [-0.15, -0.1) is 11.3 Å².